The Hall–Kier alpha value is -1.21. The minimum absolute atomic E-state index is 0.0456. The zero-order chi connectivity index (χ0) is 13.1. The lowest BCUT2D eigenvalue weighted by Crippen LogP contribution is -2.22. The minimum Gasteiger partial charge on any atom is -0.503 e. The van der Waals surface area contributed by atoms with E-state index in [-0.39, 0.29) is 18.8 Å². The summed E-state index contributed by atoms with van der Waals surface area (Å²) < 4.78 is 47.5. The Morgan fingerprint density at radius 2 is 1.82 bits per heavy atom. The molecule has 1 aromatic rings. The highest BCUT2D eigenvalue weighted by atomic mass is 32.2. The topological polar surface area (TPSA) is 66.4 Å². The van der Waals surface area contributed by atoms with E-state index in [1.54, 1.807) is 0 Å². The summed E-state index contributed by atoms with van der Waals surface area (Å²) in [6.07, 6.45) is 1.11. The maximum Gasteiger partial charge on any atom is 0.187 e. The molecule has 2 N–H and O–H groups in total. The van der Waals surface area contributed by atoms with Crippen LogP contribution >= 0.6 is 0 Å². The van der Waals surface area contributed by atoms with Gasteiger partial charge in [0, 0.05) is 19.3 Å². The van der Waals surface area contributed by atoms with E-state index in [2.05, 4.69) is 5.32 Å². The van der Waals surface area contributed by atoms with E-state index in [0.717, 1.165) is 18.4 Å². The molecule has 0 amide bonds. The van der Waals surface area contributed by atoms with E-state index in [0.29, 0.717) is 5.56 Å². The third-order valence-corrected chi connectivity index (χ3v) is 3.00. The summed E-state index contributed by atoms with van der Waals surface area (Å²) in [6.45, 7) is 0.326. The molecule has 0 unspecified atom stereocenters. The van der Waals surface area contributed by atoms with Crippen molar-refractivity contribution < 1.29 is 22.3 Å². The van der Waals surface area contributed by atoms with Crippen LogP contribution in [-0.2, 0) is 16.4 Å². The molecule has 0 atom stereocenters. The fourth-order valence-corrected chi connectivity index (χ4v) is 1.73. The van der Waals surface area contributed by atoms with Gasteiger partial charge in [0.1, 0.15) is 9.84 Å². The number of phenols is 1. The molecule has 0 aliphatic heterocycles. The molecule has 0 heterocycles. The summed E-state index contributed by atoms with van der Waals surface area (Å²) in [5, 5.41) is 11.6. The SMILES string of the molecule is CS(=O)(=O)CCNCc1cc(F)c(O)c(F)c1. The standard InChI is InChI=1S/C10H13F2NO3S/c1-17(15,16)3-2-13-6-7-4-8(11)10(14)9(12)5-7/h4-5,13-14H,2-3,6H2,1H3. The minimum atomic E-state index is -3.05. The quantitative estimate of drug-likeness (QED) is 0.773. The predicted molar refractivity (Wildman–Crippen MR) is 59.4 cm³/mol. The molecular formula is C10H13F2NO3S. The van der Waals surface area contributed by atoms with Crippen molar-refractivity contribution in [3.8, 4) is 5.75 Å². The number of hydrogen-bond donors (Lipinski definition) is 2. The second-order valence-corrected chi connectivity index (χ2v) is 5.97. The largest absolute Gasteiger partial charge is 0.503 e. The number of aromatic hydroxyl groups is 1. The van der Waals surface area contributed by atoms with Gasteiger partial charge in [-0.2, -0.15) is 0 Å². The van der Waals surface area contributed by atoms with Crippen LogP contribution in [0.4, 0.5) is 8.78 Å². The van der Waals surface area contributed by atoms with Crippen LogP contribution < -0.4 is 5.32 Å². The second kappa shape index (κ2) is 5.42. The molecule has 4 nitrogen and oxygen atoms in total. The highest BCUT2D eigenvalue weighted by Gasteiger charge is 2.09. The molecular weight excluding hydrogens is 252 g/mol. The lowest BCUT2D eigenvalue weighted by Gasteiger charge is -2.05. The summed E-state index contributed by atoms with van der Waals surface area (Å²) >= 11 is 0. The predicted octanol–water partition coefficient (Wildman–Crippen LogP) is 0.805. The van der Waals surface area contributed by atoms with Crippen molar-refractivity contribution in [3.05, 3.63) is 29.3 Å². The molecule has 96 valence electrons. The average molecular weight is 265 g/mol. The Bertz CT molecular complexity index is 479. The molecule has 0 radical (unpaired) electrons. The van der Waals surface area contributed by atoms with Crippen molar-refractivity contribution in [2.45, 2.75) is 6.54 Å². The zero-order valence-electron chi connectivity index (χ0n) is 9.20. The van der Waals surface area contributed by atoms with Crippen LogP contribution in [0, 0.1) is 11.6 Å². The Labute approximate surface area is 98.2 Å². The van der Waals surface area contributed by atoms with E-state index in [9.17, 15) is 17.2 Å². The number of hydrogen-bond acceptors (Lipinski definition) is 4. The molecule has 0 saturated heterocycles. The van der Waals surface area contributed by atoms with Crippen molar-refractivity contribution >= 4 is 9.84 Å². The molecule has 0 bridgehead atoms. The molecule has 0 fully saturated rings. The molecule has 0 saturated carbocycles. The van der Waals surface area contributed by atoms with Crippen LogP contribution in [-0.4, -0.2) is 32.1 Å². The van der Waals surface area contributed by atoms with Gasteiger partial charge in [-0.25, -0.2) is 17.2 Å². The normalized spacial score (nSPS) is 11.7. The summed E-state index contributed by atoms with van der Waals surface area (Å²) in [5.74, 6) is -3.13. The number of halogens is 2. The van der Waals surface area contributed by atoms with E-state index in [4.69, 9.17) is 5.11 Å². The lowest BCUT2D eigenvalue weighted by molar-refractivity contribution is 0.395. The van der Waals surface area contributed by atoms with Gasteiger partial charge in [0.05, 0.1) is 5.75 Å². The van der Waals surface area contributed by atoms with E-state index in [1.807, 2.05) is 0 Å². The van der Waals surface area contributed by atoms with E-state index >= 15 is 0 Å². The first-order valence-electron chi connectivity index (χ1n) is 4.85. The number of nitrogens with one attached hydrogen (secondary N) is 1. The van der Waals surface area contributed by atoms with Gasteiger partial charge in [-0.1, -0.05) is 0 Å². The monoisotopic (exact) mass is 265 g/mol. The molecule has 0 aromatic heterocycles. The molecule has 1 rings (SSSR count). The zero-order valence-corrected chi connectivity index (χ0v) is 10.0. The Morgan fingerprint density at radius 3 is 2.29 bits per heavy atom. The van der Waals surface area contributed by atoms with Crippen LogP contribution in [0.3, 0.4) is 0 Å². The van der Waals surface area contributed by atoms with Gasteiger partial charge in [-0.3, -0.25) is 0 Å². The van der Waals surface area contributed by atoms with Crippen molar-refractivity contribution in [2.75, 3.05) is 18.6 Å². The average Bonchev–Trinajstić information content (AvgIpc) is 2.19. The van der Waals surface area contributed by atoms with Crippen LogP contribution in [0.25, 0.3) is 0 Å². The molecule has 7 heteroatoms. The highest BCUT2D eigenvalue weighted by molar-refractivity contribution is 7.90. The number of benzene rings is 1. The molecule has 0 aliphatic rings. The van der Waals surface area contributed by atoms with Gasteiger partial charge >= 0.3 is 0 Å². The molecule has 0 aliphatic carbocycles. The number of sulfone groups is 1. The fraction of sp³-hybridized carbons (Fsp3) is 0.400. The number of phenolic OH excluding ortho intramolecular Hbond substituents is 1. The highest BCUT2D eigenvalue weighted by Crippen LogP contribution is 2.21. The van der Waals surface area contributed by atoms with E-state index < -0.39 is 27.2 Å². The first-order valence-corrected chi connectivity index (χ1v) is 6.91. The Kier molecular flexibility index (Phi) is 4.41. The third kappa shape index (κ3) is 4.66. The lowest BCUT2D eigenvalue weighted by atomic mass is 10.2. The van der Waals surface area contributed by atoms with Crippen LogP contribution in [0.5, 0.6) is 5.75 Å². The first kappa shape index (κ1) is 13.9. The van der Waals surface area contributed by atoms with Crippen molar-refractivity contribution in [1.29, 1.82) is 0 Å². The summed E-state index contributed by atoms with van der Waals surface area (Å²) in [7, 11) is -3.05. The molecule has 17 heavy (non-hydrogen) atoms. The second-order valence-electron chi connectivity index (χ2n) is 3.71. The van der Waals surface area contributed by atoms with Gasteiger partial charge in [0.2, 0.25) is 0 Å². The van der Waals surface area contributed by atoms with Gasteiger partial charge in [-0.15, -0.1) is 0 Å². The summed E-state index contributed by atoms with van der Waals surface area (Å²) in [5.41, 5.74) is 0.298. The van der Waals surface area contributed by atoms with Crippen LogP contribution in [0.1, 0.15) is 5.56 Å². The maximum absolute atomic E-state index is 12.9. The van der Waals surface area contributed by atoms with Crippen LogP contribution in [0.2, 0.25) is 0 Å². The van der Waals surface area contributed by atoms with Crippen molar-refractivity contribution in [3.63, 3.8) is 0 Å². The summed E-state index contributed by atoms with van der Waals surface area (Å²) in [4.78, 5) is 0. The van der Waals surface area contributed by atoms with Crippen LogP contribution in [0.15, 0.2) is 12.1 Å². The van der Waals surface area contributed by atoms with Crippen molar-refractivity contribution in [2.24, 2.45) is 0 Å². The fourth-order valence-electron chi connectivity index (χ4n) is 1.21. The smallest absolute Gasteiger partial charge is 0.187 e. The Morgan fingerprint density at radius 1 is 1.29 bits per heavy atom. The Balaban J connectivity index is 2.53. The van der Waals surface area contributed by atoms with Gasteiger partial charge in [0.15, 0.2) is 17.4 Å². The first-order chi connectivity index (χ1) is 7.79. The van der Waals surface area contributed by atoms with E-state index in [1.165, 1.54) is 0 Å². The van der Waals surface area contributed by atoms with Gasteiger partial charge in [-0.05, 0) is 17.7 Å². The van der Waals surface area contributed by atoms with Crippen molar-refractivity contribution in [1.82, 2.24) is 5.32 Å². The summed E-state index contributed by atoms with van der Waals surface area (Å²) in [6, 6.07) is 1.98. The molecule has 0 spiro atoms. The van der Waals surface area contributed by atoms with Gasteiger partial charge in [0.25, 0.3) is 0 Å². The third-order valence-electron chi connectivity index (χ3n) is 2.06. The molecule has 1 aromatic carbocycles. The maximum atomic E-state index is 12.9. The van der Waals surface area contributed by atoms with Gasteiger partial charge < -0.3 is 10.4 Å². The number of rotatable bonds is 5.